The van der Waals surface area contributed by atoms with E-state index in [4.69, 9.17) is 16.3 Å². The van der Waals surface area contributed by atoms with Gasteiger partial charge < -0.3 is 10.1 Å². The SMILES string of the molecule is Cc1sc2ncnc(OCC(=O)Nc3ccc(F)cc3Cl)c2c1C. The van der Waals surface area contributed by atoms with Crippen LogP contribution in [0.25, 0.3) is 10.2 Å². The quantitative estimate of drug-likeness (QED) is 0.755. The Kier molecular flexibility index (Phi) is 4.64. The predicted molar refractivity (Wildman–Crippen MR) is 92.4 cm³/mol. The molecule has 2 aromatic heterocycles. The average Bonchev–Trinajstić information content (AvgIpc) is 2.83. The Balaban J connectivity index is 1.73. The van der Waals surface area contributed by atoms with Gasteiger partial charge in [0.2, 0.25) is 5.88 Å². The molecule has 0 unspecified atom stereocenters. The van der Waals surface area contributed by atoms with Gasteiger partial charge in [0.25, 0.3) is 5.91 Å². The maximum absolute atomic E-state index is 13.0. The predicted octanol–water partition coefficient (Wildman–Crippen LogP) is 4.12. The van der Waals surface area contributed by atoms with Crippen LogP contribution in [0.4, 0.5) is 10.1 Å². The van der Waals surface area contributed by atoms with E-state index in [1.807, 2.05) is 13.8 Å². The molecular weight excluding hydrogens is 353 g/mol. The molecule has 3 aromatic rings. The second-order valence-corrected chi connectivity index (χ2v) is 6.71. The minimum absolute atomic E-state index is 0.122. The van der Waals surface area contributed by atoms with Gasteiger partial charge in [-0.2, -0.15) is 0 Å². The van der Waals surface area contributed by atoms with Crippen molar-refractivity contribution in [1.82, 2.24) is 9.97 Å². The largest absolute Gasteiger partial charge is 0.467 e. The molecule has 24 heavy (non-hydrogen) atoms. The molecule has 1 amide bonds. The summed E-state index contributed by atoms with van der Waals surface area (Å²) >= 11 is 7.43. The molecule has 2 heterocycles. The lowest BCUT2D eigenvalue weighted by Gasteiger charge is -2.09. The van der Waals surface area contributed by atoms with Gasteiger partial charge in [-0.15, -0.1) is 11.3 Å². The summed E-state index contributed by atoms with van der Waals surface area (Å²) in [4.78, 5) is 22.3. The molecule has 0 fully saturated rings. The van der Waals surface area contributed by atoms with Crippen LogP contribution >= 0.6 is 22.9 Å². The molecule has 5 nitrogen and oxygen atoms in total. The summed E-state index contributed by atoms with van der Waals surface area (Å²) in [5.74, 6) is -0.525. The normalized spacial score (nSPS) is 10.8. The zero-order chi connectivity index (χ0) is 17.3. The van der Waals surface area contributed by atoms with E-state index in [2.05, 4.69) is 15.3 Å². The van der Waals surface area contributed by atoms with Gasteiger partial charge in [0.15, 0.2) is 6.61 Å². The topological polar surface area (TPSA) is 64.1 Å². The van der Waals surface area contributed by atoms with Gasteiger partial charge in [0.1, 0.15) is 17.0 Å². The van der Waals surface area contributed by atoms with Gasteiger partial charge in [0.05, 0.1) is 16.1 Å². The zero-order valence-corrected chi connectivity index (χ0v) is 14.5. The number of benzene rings is 1. The van der Waals surface area contributed by atoms with Gasteiger partial charge >= 0.3 is 0 Å². The van der Waals surface area contributed by atoms with E-state index < -0.39 is 11.7 Å². The lowest BCUT2D eigenvalue weighted by atomic mass is 10.2. The number of thiophene rings is 1. The number of ether oxygens (including phenoxy) is 1. The van der Waals surface area contributed by atoms with Crippen LogP contribution in [0.5, 0.6) is 5.88 Å². The van der Waals surface area contributed by atoms with Crippen LogP contribution in [0.15, 0.2) is 24.5 Å². The van der Waals surface area contributed by atoms with Crippen molar-refractivity contribution in [3.63, 3.8) is 0 Å². The van der Waals surface area contributed by atoms with Gasteiger partial charge in [-0.05, 0) is 37.6 Å². The molecule has 0 atom stereocenters. The fourth-order valence-corrected chi connectivity index (χ4v) is 3.37. The third-order valence-corrected chi connectivity index (χ3v) is 4.90. The summed E-state index contributed by atoms with van der Waals surface area (Å²) in [6.07, 6.45) is 1.40. The summed E-state index contributed by atoms with van der Waals surface area (Å²) in [7, 11) is 0. The number of aromatic nitrogens is 2. The van der Waals surface area contributed by atoms with Crippen molar-refractivity contribution in [3.8, 4) is 5.88 Å². The van der Waals surface area contributed by atoms with Crippen molar-refractivity contribution in [2.45, 2.75) is 13.8 Å². The Labute approximate surface area is 146 Å². The molecular formula is C16H13ClFN3O2S. The highest BCUT2D eigenvalue weighted by molar-refractivity contribution is 7.18. The summed E-state index contributed by atoms with van der Waals surface area (Å²) in [6, 6.07) is 3.74. The van der Waals surface area contributed by atoms with Crippen LogP contribution in [0.3, 0.4) is 0 Å². The van der Waals surface area contributed by atoms with Crippen LogP contribution in [-0.4, -0.2) is 22.5 Å². The number of nitrogens with zero attached hydrogens (tertiary/aromatic N) is 2. The summed E-state index contributed by atoms with van der Waals surface area (Å²) in [5.41, 5.74) is 1.36. The second-order valence-electron chi connectivity index (χ2n) is 5.10. The van der Waals surface area contributed by atoms with Crippen molar-refractivity contribution in [2.75, 3.05) is 11.9 Å². The zero-order valence-electron chi connectivity index (χ0n) is 12.9. The number of hydrogen-bond donors (Lipinski definition) is 1. The van der Waals surface area contributed by atoms with E-state index in [-0.39, 0.29) is 11.6 Å². The standard InChI is InChI=1S/C16H13ClFN3O2S/c1-8-9(2)24-16-14(8)15(19-7-20-16)23-6-13(22)21-12-4-3-10(18)5-11(12)17/h3-5,7H,6H2,1-2H3,(H,21,22). The highest BCUT2D eigenvalue weighted by atomic mass is 35.5. The van der Waals surface area contributed by atoms with Crippen LogP contribution in [0, 0.1) is 19.7 Å². The fourth-order valence-electron chi connectivity index (χ4n) is 2.17. The van der Waals surface area contributed by atoms with Crippen molar-refractivity contribution >= 4 is 44.7 Å². The van der Waals surface area contributed by atoms with Crippen LogP contribution in [0.1, 0.15) is 10.4 Å². The Morgan fingerprint density at radius 2 is 2.17 bits per heavy atom. The number of rotatable bonds is 4. The van der Waals surface area contributed by atoms with Crippen LogP contribution in [0.2, 0.25) is 5.02 Å². The number of carbonyl (C=O) groups is 1. The third kappa shape index (κ3) is 3.32. The van der Waals surface area contributed by atoms with Gasteiger partial charge in [0, 0.05) is 4.88 Å². The first-order valence-electron chi connectivity index (χ1n) is 7.04. The number of fused-ring (bicyclic) bond motifs is 1. The second kappa shape index (κ2) is 6.70. The maximum atomic E-state index is 13.0. The van der Waals surface area contributed by atoms with Gasteiger partial charge in [-0.25, -0.2) is 14.4 Å². The number of amides is 1. The first-order chi connectivity index (χ1) is 11.5. The smallest absolute Gasteiger partial charge is 0.262 e. The minimum Gasteiger partial charge on any atom is -0.467 e. The van der Waals surface area contributed by atoms with Gasteiger partial charge in [-0.1, -0.05) is 11.6 Å². The molecule has 0 aliphatic rings. The number of aryl methyl sites for hydroxylation is 2. The number of carbonyl (C=O) groups excluding carboxylic acids is 1. The summed E-state index contributed by atoms with van der Waals surface area (Å²) < 4.78 is 18.5. The molecule has 0 radical (unpaired) electrons. The molecule has 0 saturated heterocycles. The monoisotopic (exact) mass is 365 g/mol. The molecule has 0 bridgehead atoms. The maximum Gasteiger partial charge on any atom is 0.262 e. The molecule has 0 spiro atoms. The van der Waals surface area contributed by atoms with E-state index in [0.717, 1.165) is 26.7 Å². The Bertz CT molecular complexity index is 929. The van der Waals surface area contributed by atoms with Gasteiger partial charge in [-0.3, -0.25) is 4.79 Å². The third-order valence-electron chi connectivity index (χ3n) is 3.48. The number of halogens is 2. The molecule has 1 aromatic carbocycles. The Hall–Kier alpha value is -2.25. The summed E-state index contributed by atoms with van der Waals surface area (Å²) in [5, 5.41) is 3.51. The molecule has 1 N–H and O–H groups in total. The molecule has 0 aliphatic carbocycles. The molecule has 0 aliphatic heterocycles. The van der Waals surface area contributed by atoms with Crippen molar-refractivity contribution < 1.29 is 13.9 Å². The fraction of sp³-hybridized carbons (Fsp3) is 0.188. The first-order valence-corrected chi connectivity index (χ1v) is 8.23. The number of anilines is 1. The molecule has 8 heteroatoms. The van der Waals surface area contributed by atoms with E-state index in [1.165, 1.54) is 18.5 Å². The minimum atomic E-state index is -0.471. The van der Waals surface area contributed by atoms with Crippen molar-refractivity contribution in [1.29, 1.82) is 0 Å². The van der Waals surface area contributed by atoms with Crippen molar-refractivity contribution in [3.05, 3.63) is 45.8 Å². The molecule has 124 valence electrons. The molecule has 3 rings (SSSR count). The Morgan fingerprint density at radius 1 is 1.38 bits per heavy atom. The van der Waals surface area contributed by atoms with E-state index in [0.29, 0.717) is 11.6 Å². The highest BCUT2D eigenvalue weighted by Gasteiger charge is 2.14. The van der Waals surface area contributed by atoms with Crippen molar-refractivity contribution in [2.24, 2.45) is 0 Å². The van der Waals surface area contributed by atoms with E-state index in [9.17, 15) is 9.18 Å². The average molecular weight is 366 g/mol. The number of hydrogen-bond acceptors (Lipinski definition) is 5. The number of nitrogens with one attached hydrogen (secondary N) is 1. The lowest BCUT2D eigenvalue weighted by molar-refractivity contribution is -0.118. The van der Waals surface area contributed by atoms with Crippen LogP contribution in [-0.2, 0) is 4.79 Å². The lowest BCUT2D eigenvalue weighted by Crippen LogP contribution is -2.20. The summed E-state index contributed by atoms with van der Waals surface area (Å²) in [6.45, 7) is 3.71. The van der Waals surface area contributed by atoms with E-state index in [1.54, 1.807) is 11.3 Å². The van der Waals surface area contributed by atoms with E-state index >= 15 is 0 Å². The molecule has 0 saturated carbocycles. The van der Waals surface area contributed by atoms with Crippen LogP contribution < -0.4 is 10.1 Å². The first kappa shape index (κ1) is 16.6. The highest BCUT2D eigenvalue weighted by Crippen LogP contribution is 2.33. The Morgan fingerprint density at radius 3 is 2.92 bits per heavy atom.